The van der Waals surface area contributed by atoms with E-state index in [9.17, 15) is 0 Å². The van der Waals surface area contributed by atoms with Gasteiger partial charge in [0, 0.05) is 25.8 Å². The van der Waals surface area contributed by atoms with E-state index < -0.39 is 0 Å². The van der Waals surface area contributed by atoms with Crippen molar-refractivity contribution in [3.05, 3.63) is 65.6 Å². The Balaban J connectivity index is 1.70. The molecule has 3 heterocycles. The van der Waals surface area contributed by atoms with E-state index in [0.717, 1.165) is 59.9 Å². The summed E-state index contributed by atoms with van der Waals surface area (Å²) in [5, 5.41) is 8.42. The standard InChI is InChI=1S/C24H27N5O/c1-16-23(28(3)27-26-16)20-9-10-21-22(15-20)29(17(2)25-21)24(18-7-5-4-6-8-18)19-11-13-30-14-12-19/h4-10,15,19,24H,11-14H2,1-3H3/t24-/m0/s1. The van der Waals surface area contributed by atoms with E-state index in [1.165, 1.54) is 5.56 Å². The molecule has 0 spiro atoms. The third kappa shape index (κ3) is 3.21. The lowest BCUT2D eigenvalue weighted by molar-refractivity contribution is 0.0545. The molecular formula is C24H27N5O. The van der Waals surface area contributed by atoms with Crippen molar-refractivity contribution in [3.63, 3.8) is 0 Å². The quantitative estimate of drug-likeness (QED) is 0.506. The summed E-state index contributed by atoms with van der Waals surface area (Å²) in [7, 11) is 1.94. The number of hydrogen-bond acceptors (Lipinski definition) is 4. The normalized spacial score (nSPS) is 16.2. The molecule has 0 amide bonds. The van der Waals surface area contributed by atoms with Gasteiger partial charge in [-0.05, 0) is 50.3 Å². The van der Waals surface area contributed by atoms with Crippen LogP contribution in [0.2, 0.25) is 0 Å². The number of ether oxygens (including phenoxy) is 1. The molecule has 0 radical (unpaired) electrons. The van der Waals surface area contributed by atoms with Crippen LogP contribution in [0.3, 0.4) is 0 Å². The van der Waals surface area contributed by atoms with E-state index in [1.807, 2.05) is 18.7 Å². The fourth-order valence-corrected chi connectivity index (χ4v) is 4.88. The zero-order valence-electron chi connectivity index (χ0n) is 17.7. The summed E-state index contributed by atoms with van der Waals surface area (Å²) in [5.74, 6) is 1.56. The molecule has 0 aliphatic carbocycles. The Bertz CT molecular complexity index is 1150. The Morgan fingerprint density at radius 2 is 1.80 bits per heavy atom. The second-order valence-corrected chi connectivity index (χ2v) is 8.18. The minimum atomic E-state index is 0.237. The highest BCUT2D eigenvalue weighted by molar-refractivity contribution is 5.82. The summed E-state index contributed by atoms with van der Waals surface area (Å²) in [6, 6.07) is 17.5. The molecule has 30 heavy (non-hydrogen) atoms. The summed E-state index contributed by atoms with van der Waals surface area (Å²) in [6.45, 7) is 5.77. The lowest BCUT2D eigenvalue weighted by atomic mass is 9.86. The van der Waals surface area contributed by atoms with Gasteiger partial charge in [-0.15, -0.1) is 5.10 Å². The number of nitrogens with zero attached hydrogens (tertiary/aromatic N) is 5. The second-order valence-electron chi connectivity index (χ2n) is 8.18. The van der Waals surface area contributed by atoms with Gasteiger partial charge in [0.1, 0.15) is 5.82 Å². The molecule has 1 atom stereocenters. The van der Waals surface area contributed by atoms with Gasteiger partial charge in [0.05, 0.1) is 28.5 Å². The van der Waals surface area contributed by atoms with Crippen molar-refractivity contribution in [2.45, 2.75) is 32.7 Å². The fourth-order valence-electron chi connectivity index (χ4n) is 4.88. The van der Waals surface area contributed by atoms with Gasteiger partial charge in [-0.1, -0.05) is 41.6 Å². The molecule has 0 N–H and O–H groups in total. The lowest BCUT2D eigenvalue weighted by Gasteiger charge is -2.33. The molecule has 5 rings (SSSR count). The summed E-state index contributed by atoms with van der Waals surface area (Å²) in [6.07, 6.45) is 2.12. The number of imidazole rings is 1. The van der Waals surface area contributed by atoms with Crippen molar-refractivity contribution in [1.82, 2.24) is 24.5 Å². The number of fused-ring (bicyclic) bond motifs is 1. The third-order valence-corrected chi connectivity index (χ3v) is 6.27. The molecule has 1 saturated heterocycles. The van der Waals surface area contributed by atoms with Gasteiger partial charge in [-0.3, -0.25) is 0 Å². The van der Waals surface area contributed by atoms with E-state index in [4.69, 9.17) is 9.72 Å². The van der Waals surface area contributed by atoms with Crippen LogP contribution in [0.5, 0.6) is 0 Å². The molecule has 0 bridgehead atoms. The first-order valence-corrected chi connectivity index (χ1v) is 10.6. The third-order valence-electron chi connectivity index (χ3n) is 6.27. The van der Waals surface area contributed by atoms with Crippen LogP contribution in [0.25, 0.3) is 22.3 Å². The zero-order chi connectivity index (χ0) is 20.7. The second kappa shape index (κ2) is 7.69. The van der Waals surface area contributed by atoms with Crippen LogP contribution < -0.4 is 0 Å². The highest BCUT2D eigenvalue weighted by atomic mass is 16.5. The van der Waals surface area contributed by atoms with Gasteiger partial charge < -0.3 is 9.30 Å². The molecule has 4 aromatic rings. The van der Waals surface area contributed by atoms with Crippen LogP contribution in [0, 0.1) is 19.8 Å². The fraction of sp³-hybridized carbons (Fsp3) is 0.375. The first-order valence-electron chi connectivity index (χ1n) is 10.6. The topological polar surface area (TPSA) is 57.8 Å². The molecule has 2 aromatic heterocycles. The maximum atomic E-state index is 5.67. The highest BCUT2D eigenvalue weighted by Gasteiger charge is 2.29. The number of rotatable bonds is 4. The van der Waals surface area contributed by atoms with E-state index in [-0.39, 0.29) is 6.04 Å². The molecule has 0 saturated carbocycles. The van der Waals surface area contributed by atoms with E-state index in [1.54, 1.807) is 0 Å². The molecule has 0 unspecified atom stereocenters. The molecule has 6 heteroatoms. The van der Waals surface area contributed by atoms with Crippen LogP contribution in [0.1, 0.15) is 36.0 Å². The van der Waals surface area contributed by atoms with Crippen LogP contribution >= 0.6 is 0 Å². The molecule has 1 aliphatic heterocycles. The summed E-state index contributed by atoms with van der Waals surface area (Å²) < 4.78 is 9.95. The smallest absolute Gasteiger partial charge is 0.107 e. The number of benzene rings is 2. The van der Waals surface area contributed by atoms with Gasteiger partial charge in [0.25, 0.3) is 0 Å². The molecule has 2 aromatic carbocycles. The molecule has 1 fully saturated rings. The summed E-state index contributed by atoms with van der Waals surface area (Å²) in [5.41, 5.74) is 6.61. The Morgan fingerprint density at radius 3 is 2.50 bits per heavy atom. The SMILES string of the molecule is Cc1nnn(C)c1-c1ccc2nc(C)n([C@@H](c3ccccc3)C3CCOCC3)c2c1. The number of aromatic nitrogens is 5. The van der Waals surface area contributed by atoms with Crippen molar-refractivity contribution in [2.75, 3.05) is 13.2 Å². The molecule has 154 valence electrons. The van der Waals surface area contributed by atoms with Crippen LogP contribution in [0.15, 0.2) is 48.5 Å². The zero-order valence-corrected chi connectivity index (χ0v) is 17.7. The Morgan fingerprint density at radius 1 is 1.03 bits per heavy atom. The van der Waals surface area contributed by atoms with Gasteiger partial charge >= 0.3 is 0 Å². The maximum absolute atomic E-state index is 5.67. The van der Waals surface area contributed by atoms with Crippen molar-refractivity contribution in [3.8, 4) is 11.3 Å². The monoisotopic (exact) mass is 401 g/mol. The minimum absolute atomic E-state index is 0.237. The minimum Gasteiger partial charge on any atom is -0.381 e. The number of aryl methyl sites for hydroxylation is 3. The van der Waals surface area contributed by atoms with Crippen molar-refractivity contribution in [2.24, 2.45) is 13.0 Å². The summed E-state index contributed by atoms with van der Waals surface area (Å²) in [4.78, 5) is 4.92. The largest absolute Gasteiger partial charge is 0.381 e. The van der Waals surface area contributed by atoms with Crippen LogP contribution in [0.4, 0.5) is 0 Å². The lowest BCUT2D eigenvalue weighted by Crippen LogP contribution is -2.27. The highest BCUT2D eigenvalue weighted by Crippen LogP contribution is 2.37. The van der Waals surface area contributed by atoms with E-state index in [2.05, 4.69) is 70.3 Å². The maximum Gasteiger partial charge on any atom is 0.107 e. The van der Waals surface area contributed by atoms with E-state index in [0.29, 0.717) is 5.92 Å². The van der Waals surface area contributed by atoms with Crippen molar-refractivity contribution < 1.29 is 4.74 Å². The average Bonchev–Trinajstić information content (AvgIpc) is 3.28. The van der Waals surface area contributed by atoms with Crippen LogP contribution in [-0.4, -0.2) is 37.8 Å². The Hall–Kier alpha value is -2.99. The average molecular weight is 402 g/mol. The van der Waals surface area contributed by atoms with Gasteiger partial charge in [0.15, 0.2) is 0 Å². The van der Waals surface area contributed by atoms with Gasteiger partial charge in [-0.25, -0.2) is 9.67 Å². The Kier molecular flexibility index (Phi) is 4.87. The predicted octanol–water partition coefficient (Wildman–Crippen LogP) is 4.46. The first-order chi connectivity index (χ1) is 14.6. The molecule has 1 aliphatic rings. The Labute approximate surface area is 176 Å². The molecular weight excluding hydrogens is 374 g/mol. The van der Waals surface area contributed by atoms with Crippen LogP contribution in [-0.2, 0) is 11.8 Å². The van der Waals surface area contributed by atoms with Crippen molar-refractivity contribution in [1.29, 1.82) is 0 Å². The predicted molar refractivity (Wildman–Crippen MR) is 117 cm³/mol. The first kappa shape index (κ1) is 19.0. The molecule has 6 nitrogen and oxygen atoms in total. The van der Waals surface area contributed by atoms with Gasteiger partial charge in [-0.2, -0.15) is 0 Å². The van der Waals surface area contributed by atoms with Crippen molar-refractivity contribution >= 4 is 11.0 Å². The van der Waals surface area contributed by atoms with Gasteiger partial charge in [0.2, 0.25) is 0 Å². The summed E-state index contributed by atoms with van der Waals surface area (Å²) >= 11 is 0. The van der Waals surface area contributed by atoms with E-state index >= 15 is 0 Å². The number of hydrogen-bond donors (Lipinski definition) is 0.